The lowest BCUT2D eigenvalue weighted by Crippen LogP contribution is -2.31. The summed E-state index contributed by atoms with van der Waals surface area (Å²) in [6, 6.07) is 6.58. The van der Waals surface area contributed by atoms with E-state index in [2.05, 4.69) is 13.8 Å². The zero-order valence-electron chi connectivity index (χ0n) is 17.4. The lowest BCUT2D eigenvalue weighted by molar-refractivity contribution is 0.492. The molecule has 0 bridgehead atoms. The van der Waals surface area contributed by atoms with E-state index in [1.165, 1.54) is 38.1 Å². The molecule has 0 aromatic heterocycles. The third kappa shape index (κ3) is 6.85. The molecule has 154 valence electrons. The van der Waals surface area contributed by atoms with Gasteiger partial charge >= 0.3 is 0 Å². The van der Waals surface area contributed by atoms with Gasteiger partial charge in [-0.3, -0.25) is 0 Å². The Morgan fingerprint density at radius 2 is 1.63 bits per heavy atom. The van der Waals surface area contributed by atoms with E-state index >= 15 is 0 Å². The Hall–Kier alpha value is -0.413. The molecule has 0 nitrogen and oxygen atoms in total. The van der Waals surface area contributed by atoms with Gasteiger partial charge in [0.1, 0.15) is 11.6 Å². The molecule has 0 amide bonds. The topological polar surface area (TPSA) is 0 Å². The summed E-state index contributed by atoms with van der Waals surface area (Å²) in [5.74, 6) is -0.150. The van der Waals surface area contributed by atoms with E-state index in [1.807, 2.05) is 6.92 Å². The van der Waals surface area contributed by atoms with Gasteiger partial charge in [0.25, 0.3) is 0 Å². The van der Waals surface area contributed by atoms with Crippen molar-refractivity contribution >= 4 is 18.5 Å². The summed E-state index contributed by atoms with van der Waals surface area (Å²) in [5.41, 5.74) is 1.10. The highest BCUT2D eigenvalue weighted by molar-refractivity contribution is 7.20. The quantitative estimate of drug-likeness (QED) is 0.204. The molecule has 1 unspecified atom stereocenters. The van der Waals surface area contributed by atoms with Crippen LogP contribution in [-0.2, 0) is 6.42 Å². The van der Waals surface area contributed by atoms with Crippen LogP contribution in [0.25, 0.3) is 0 Å². The van der Waals surface area contributed by atoms with E-state index in [1.54, 1.807) is 12.1 Å². The molecule has 1 aliphatic heterocycles. The van der Waals surface area contributed by atoms with Gasteiger partial charge < -0.3 is 0 Å². The average molecular weight is 415 g/mol. The number of rotatable bonds is 10. The summed E-state index contributed by atoms with van der Waals surface area (Å²) in [6.45, 7) is 6.34. The normalized spacial score (nSPS) is 24.1. The fourth-order valence-corrected chi connectivity index (χ4v) is 8.73. The molecule has 0 aliphatic carbocycles. The number of unbranched alkanes of at least 4 members (excludes halogenated alkanes) is 4. The van der Waals surface area contributed by atoms with Crippen LogP contribution < -0.4 is 0 Å². The lowest BCUT2D eigenvalue weighted by atomic mass is 9.90. The van der Waals surface area contributed by atoms with Crippen LogP contribution in [0.4, 0.5) is 8.78 Å². The molecule has 1 heterocycles. The third-order valence-electron chi connectivity index (χ3n) is 6.49. The Kier molecular flexibility index (Phi) is 9.27. The highest BCUT2D eigenvalue weighted by atomic mass is 35.6. The van der Waals surface area contributed by atoms with E-state index in [0.29, 0.717) is 12.3 Å². The lowest BCUT2D eigenvalue weighted by Gasteiger charge is -2.34. The Morgan fingerprint density at radius 1 is 1.04 bits per heavy atom. The molecular weight excluding hydrogens is 378 g/mol. The highest BCUT2D eigenvalue weighted by Crippen LogP contribution is 2.43. The van der Waals surface area contributed by atoms with Gasteiger partial charge in [0.2, 0.25) is 0 Å². The molecule has 1 fully saturated rings. The first kappa shape index (κ1) is 22.9. The maximum atomic E-state index is 14.5. The monoisotopic (exact) mass is 414 g/mol. The summed E-state index contributed by atoms with van der Waals surface area (Å²) in [5, 5.41) is 0. The molecule has 4 heteroatoms. The molecule has 1 aromatic carbocycles. The largest absolute Gasteiger partial charge is 0.207 e. The van der Waals surface area contributed by atoms with Crippen LogP contribution in [0.15, 0.2) is 12.1 Å². The van der Waals surface area contributed by atoms with E-state index < -0.39 is 7.38 Å². The van der Waals surface area contributed by atoms with Gasteiger partial charge in [-0.05, 0) is 66.9 Å². The minimum atomic E-state index is -1.65. The average Bonchev–Trinajstić information content (AvgIpc) is 2.64. The number of hydrogen-bond acceptors (Lipinski definition) is 0. The standard InChI is InChI=1S/C23H37ClF2Si/c1-4-6-7-8-9-12-27(24)13-10-19(11-14-27)20-16-22(25)21(23(26)17-20)15-18(3)5-2/h16-19H,4-15H2,1-3H3. The first-order valence-electron chi connectivity index (χ1n) is 11.0. The van der Waals surface area contributed by atoms with Crippen molar-refractivity contribution in [2.24, 2.45) is 5.92 Å². The van der Waals surface area contributed by atoms with Gasteiger partial charge in [0.15, 0.2) is 7.38 Å². The molecule has 1 atom stereocenters. The summed E-state index contributed by atoms with van der Waals surface area (Å²) >= 11 is 6.99. The summed E-state index contributed by atoms with van der Waals surface area (Å²) in [6.07, 6.45) is 9.88. The summed E-state index contributed by atoms with van der Waals surface area (Å²) in [7, 11) is -1.65. The van der Waals surface area contributed by atoms with Crippen molar-refractivity contribution in [1.82, 2.24) is 0 Å². The van der Waals surface area contributed by atoms with E-state index in [-0.39, 0.29) is 23.1 Å². The first-order valence-corrected chi connectivity index (χ1v) is 14.7. The van der Waals surface area contributed by atoms with Crippen molar-refractivity contribution in [2.45, 2.75) is 103 Å². The Morgan fingerprint density at radius 3 is 2.19 bits per heavy atom. The van der Waals surface area contributed by atoms with Gasteiger partial charge in [-0.15, -0.1) is 0 Å². The molecule has 0 saturated carbocycles. The van der Waals surface area contributed by atoms with Crippen LogP contribution in [0.2, 0.25) is 18.1 Å². The zero-order chi connectivity index (χ0) is 19.9. The van der Waals surface area contributed by atoms with Crippen molar-refractivity contribution in [3.8, 4) is 0 Å². The SMILES string of the molecule is CCCCCCC[Si]1(Cl)CCC(c2cc(F)c(CC(C)CC)c(F)c2)CC1. The predicted octanol–water partition coefficient (Wildman–Crippen LogP) is 8.59. The van der Waals surface area contributed by atoms with E-state index in [0.717, 1.165) is 36.9 Å². The fraction of sp³-hybridized carbons (Fsp3) is 0.739. The Balaban J connectivity index is 1.91. The molecule has 0 N–H and O–H groups in total. The molecule has 27 heavy (non-hydrogen) atoms. The molecular formula is C23H37ClF2Si. The highest BCUT2D eigenvalue weighted by Gasteiger charge is 2.36. The zero-order valence-corrected chi connectivity index (χ0v) is 19.2. The third-order valence-corrected chi connectivity index (χ3v) is 11.8. The summed E-state index contributed by atoms with van der Waals surface area (Å²) < 4.78 is 29.1. The van der Waals surface area contributed by atoms with E-state index in [4.69, 9.17) is 11.1 Å². The van der Waals surface area contributed by atoms with Crippen molar-refractivity contribution in [3.63, 3.8) is 0 Å². The van der Waals surface area contributed by atoms with Gasteiger partial charge in [-0.2, -0.15) is 11.1 Å². The van der Waals surface area contributed by atoms with Crippen LogP contribution in [0.3, 0.4) is 0 Å². The fourth-order valence-electron chi connectivity index (χ4n) is 4.31. The smallest absolute Gasteiger partial charge is 0.156 e. The molecule has 0 spiro atoms. The van der Waals surface area contributed by atoms with Crippen molar-refractivity contribution in [1.29, 1.82) is 0 Å². The number of hydrogen-bond donors (Lipinski definition) is 0. The van der Waals surface area contributed by atoms with E-state index in [9.17, 15) is 8.78 Å². The Bertz CT molecular complexity index is 559. The van der Waals surface area contributed by atoms with Gasteiger partial charge in [0, 0.05) is 5.56 Å². The molecule has 1 saturated heterocycles. The second kappa shape index (κ2) is 10.9. The van der Waals surface area contributed by atoms with Crippen LogP contribution >= 0.6 is 11.1 Å². The van der Waals surface area contributed by atoms with Crippen LogP contribution in [0.5, 0.6) is 0 Å². The van der Waals surface area contributed by atoms with Crippen LogP contribution in [-0.4, -0.2) is 7.38 Å². The number of benzene rings is 1. The van der Waals surface area contributed by atoms with Crippen LogP contribution in [0.1, 0.15) is 89.2 Å². The van der Waals surface area contributed by atoms with Gasteiger partial charge in [-0.1, -0.05) is 59.3 Å². The maximum Gasteiger partial charge on any atom is 0.156 e. The minimum absolute atomic E-state index is 0.261. The van der Waals surface area contributed by atoms with Crippen LogP contribution in [0, 0.1) is 17.6 Å². The maximum absolute atomic E-state index is 14.5. The first-order chi connectivity index (χ1) is 12.9. The molecule has 1 aliphatic rings. The predicted molar refractivity (Wildman–Crippen MR) is 116 cm³/mol. The molecule has 2 rings (SSSR count). The molecule has 1 aromatic rings. The van der Waals surface area contributed by atoms with Crippen molar-refractivity contribution in [3.05, 3.63) is 34.9 Å². The second-order valence-electron chi connectivity index (χ2n) is 8.77. The summed E-state index contributed by atoms with van der Waals surface area (Å²) in [4.78, 5) is 0. The van der Waals surface area contributed by atoms with Gasteiger partial charge in [0.05, 0.1) is 0 Å². The van der Waals surface area contributed by atoms with Crippen molar-refractivity contribution < 1.29 is 8.78 Å². The number of halogens is 3. The molecule has 0 radical (unpaired) electrons. The second-order valence-corrected chi connectivity index (χ2v) is 15.0. The van der Waals surface area contributed by atoms with Gasteiger partial charge in [-0.25, -0.2) is 8.78 Å². The Labute approximate surface area is 170 Å². The minimum Gasteiger partial charge on any atom is -0.207 e. The van der Waals surface area contributed by atoms with Crippen molar-refractivity contribution in [2.75, 3.05) is 0 Å².